The predicted octanol–water partition coefficient (Wildman–Crippen LogP) is 5.67. The van der Waals surface area contributed by atoms with Crippen LogP contribution in [0.5, 0.6) is 0 Å². The van der Waals surface area contributed by atoms with Crippen molar-refractivity contribution in [3.63, 3.8) is 0 Å². The molecule has 0 amide bonds. The van der Waals surface area contributed by atoms with Gasteiger partial charge in [-0.25, -0.2) is 9.97 Å². The predicted molar refractivity (Wildman–Crippen MR) is 91.7 cm³/mol. The van der Waals surface area contributed by atoms with Gasteiger partial charge in [-0.2, -0.15) is 0 Å². The quantitative estimate of drug-likeness (QED) is 0.463. The Balaban J connectivity index is 2.56. The van der Waals surface area contributed by atoms with E-state index in [1.807, 2.05) is 0 Å². The van der Waals surface area contributed by atoms with Crippen LogP contribution < -0.4 is 0 Å². The number of unbranched alkanes of at least 4 members (excludes halogenated alkanes) is 6. The lowest BCUT2D eigenvalue weighted by Gasteiger charge is -2.08. The number of nitrogens with zero attached hydrogens (tertiary/aromatic N) is 2. The van der Waals surface area contributed by atoms with Crippen molar-refractivity contribution in [2.45, 2.75) is 97.8 Å². The van der Waals surface area contributed by atoms with Gasteiger partial charge in [0.05, 0.1) is 0 Å². The smallest absolute Gasteiger partial charge is 0.128 e. The van der Waals surface area contributed by atoms with E-state index in [0.717, 1.165) is 31.5 Å². The number of aromatic nitrogens is 2. The number of hydrogen-bond acceptors (Lipinski definition) is 2. The van der Waals surface area contributed by atoms with Gasteiger partial charge >= 0.3 is 0 Å². The maximum absolute atomic E-state index is 4.75. The summed E-state index contributed by atoms with van der Waals surface area (Å²) >= 11 is 0. The molecule has 0 aliphatic carbocycles. The van der Waals surface area contributed by atoms with E-state index in [1.54, 1.807) is 0 Å². The van der Waals surface area contributed by atoms with Gasteiger partial charge in [0.25, 0.3) is 0 Å². The van der Waals surface area contributed by atoms with Crippen molar-refractivity contribution in [2.24, 2.45) is 0 Å². The van der Waals surface area contributed by atoms with Crippen LogP contribution in [-0.2, 0) is 19.3 Å². The van der Waals surface area contributed by atoms with E-state index in [0.29, 0.717) is 0 Å². The van der Waals surface area contributed by atoms with E-state index in [4.69, 9.17) is 9.97 Å². The van der Waals surface area contributed by atoms with Crippen molar-refractivity contribution >= 4 is 0 Å². The fourth-order valence-electron chi connectivity index (χ4n) is 2.67. The molecule has 0 aliphatic heterocycles. The second-order valence-electron chi connectivity index (χ2n) is 6.14. The first-order valence-corrected chi connectivity index (χ1v) is 9.15. The van der Waals surface area contributed by atoms with Gasteiger partial charge < -0.3 is 0 Å². The molecule has 0 radical (unpaired) electrons. The van der Waals surface area contributed by atoms with Crippen molar-refractivity contribution in [2.75, 3.05) is 0 Å². The molecule has 2 nitrogen and oxygen atoms in total. The molecule has 0 saturated heterocycles. The summed E-state index contributed by atoms with van der Waals surface area (Å²) in [5.41, 5.74) is 2.55. The van der Waals surface area contributed by atoms with Crippen LogP contribution in [0.15, 0.2) is 6.07 Å². The summed E-state index contributed by atoms with van der Waals surface area (Å²) < 4.78 is 0. The van der Waals surface area contributed by atoms with Gasteiger partial charge in [0.1, 0.15) is 5.82 Å². The minimum atomic E-state index is 1.02. The standard InChI is InChI=1S/C19H34N2/c1-4-7-9-11-14-17-16-18(15-12-10-8-5-2)21-19(20-17)13-6-3/h16H,4-15H2,1-3H3. The molecule has 1 heterocycles. The van der Waals surface area contributed by atoms with E-state index in [9.17, 15) is 0 Å². The number of hydrogen-bond donors (Lipinski definition) is 0. The first-order valence-electron chi connectivity index (χ1n) is 9.15. The average molecular weight is 290 g/mol. The normalized spacial score (nSPS) is 11.0. The lowest BCUT2D eigenvalue weighted by molar-refractivity contribution is 0.643. The molecule has 1 aromatic heterocycles. The van der Waals surface area contributed by atoms with Crippen molar-refractivity contribution < 1.29 is 0 Å². The van der Waals surface area contributed by atoms with E-state index in [1.165, 1.54) is 62.8 Å². The van der Waals surface area contributed by atoms with Crippen LogP contribution in [0.4, 0.5) is 0 Å². The molecular weight excluding hydrogens is 256 g/mol. The highest BCUT2D eigenvalue weighted by Gasteiger charge is 2.05. The molecule has 0 saturated carbocycles. The van der Waals surface area contributed by atoms with Crippen molar-refractivity contribution in [3.05, 3.63) is 23.3 Å². The first-order chi connectivity index (χ1) is 10.3. The molecule has 120 valence electrons. The summed E-state index contributed by atoms with van der Waals surface area (Å²) in [6.07, 6.45) is 14.9. The molecule has 0 N–H and O–H groups in total. The summed E-state index contributed by atoms with van der Waals surface area (Å²) in [5, 5.41) is 0. The van der Waals surface area contributed by atoms with E-state index < -0.39 is 0 Å². The highest BCUT2D eigenvalue weighted by molar-refractivity contribution is 5.12. The second kappa shape index (κ2) is 11.7. The second-order valence-corrected chi connectivity index (χ2v) is 6.14. The van der Waals surface area contributed by atoms with Crippen LogP contribution in [0.3, 0.4) is 0 Å². The first kappa shape index (κ1) is 18.1. The fraction of sp³-hybridized carbons (Fsp3) is 0.789. The van der Waals surface area contributed by atoms with Gasteiger partial charge in [0.2, 0.25) is 0 Å². The van der Waals surface area contributed by atoms with Gasteiger partial charge in [0, 0.05) is 17.8 Å². The van der Waals surface area contributed by atoms with Gasteiger partial charge in [-0.15, -0.1) is 0 Å². The number of aryl methyl sites for hydroxylation is 3. The minimum Gasteiger partial charge on any atom is -0.238 e. The highest BCUT2D eigenvalue weighted by Crippen LogP contribution is 2.12. The Morgan fingerprint density at radius 2 is 1.14 bits per heavy atom. The summed E-state index contributed by atoms with van der Waals surface area (Å²) in [7, 11) is 0. The summed E-state index contributed by atoms with van der Waals surface area (Å²) in [5.74, 6) is 1.07. The lowest BCUT2D eigenvalue weighted by atomic mass is 10.1. The molecule has 1 rings (SSSR count). The van der Waals surface area contributed by atoms with E-state index >= 15 is 0 Å². The van der Waals surface area contributed by atoms with E-state index in [-0.39, 0.29) is 0 Å². The maximum Gasteiger partial charge on any atom is 0.128 e. The zero-order valence-electron chi connectivity index (χ0n) is 14.5. The molecule has 0 atom stereocenters. The van der Waals surface area contributed by atoms with Crippen molar-refractivity contribution in [1.29, 1.82) is 0 Å². The molecule has 2 heteroatoms. The summed E-state index contributed by atoms with van der Waals surface area (Å²) in [4.78, 5) is 9.51. The number of rotatable bonds is 12. The molecule has 0 spiro atoms. The van der Waals surface area contributed by atoms with E-state index in [2.05, 4.69) is 26.8 Å². The fourth-order valence-corrected chi connectivity index (χ4v) is 2.67. The van der Waals surface area contributed by atoms with Crippen LogP contribution in [0.25, 0.3) is 0 Å². The van der Waals surface area contributed by atoms with Crippen LogP contribution >= 0.6 is 0 Å². The monoisotopic (exact) mass is 290 g/mol. The van der Waals surface area contributed by atoms with Gasteiger partial charge in [-0.05, 0) is 38.2 Å². The third-order valence-electron chi connectivity index (χ3n) is 3.93. The topological polar surface area (TPSA) is 25.8 Å². The molecule has 0 fully saturated rings. The Labute approximate surface area is 131 Å². The van der Waals surface area contributed by atoms with Crippen LogP contribution in [0.2, 0.25) is 0 Å². The molecule has 0 unspecified atom stereocenters. The zero-order valence-corrected chi connectivity index (χ0v) is 14.5. The lowest BCUT2D eigenvalue weighted by Crippen LogP contribution is -2.04. The van der Waals surface area contributed by atoms with Crippen molar-refractivity contribution in [1.82, 2.24) is 9.97 Å². The average Bonchev–Trinajstić information content (AvgIpc) is 2.48. The summed E-state index contributed by atoms with van der Waals surface area (Å²) in [6.45, 7) is 6.73. The highest BCUT2D eigenvalue weighted by atomic mass is 14.9. The molecule has 1 aromatic rings. The molecule has 0 aromatic carbocycles. The largest absolute Gasteiger partial charge is 0.238 e. The Morgan fingerprint density at radius 1 is 0.619 bits per heavy atom. The Hall–Kier alpha value is -0.920. The molecular formula is C19H34N2. The third-order valence-corrected chi connectivity index (χ3v) is 3.93. The molecule has 0 aliphatic rings. The minimum absolute atomic E-state index is 1.02. The van der Waals surface area contributed by atoms with Gasteiger partial charge in [-0.3, -0.25) is 0 Å². The van der Waals surface area contributed by atoms with Crippen LogP contribution in [-0.4, -0.2) is 9.97 Å². The molecule has 21 heavy (non-hydrogen) atoms. The van der Waals surface area contributed by atoms with Gasteiger partial charge in [0.15, 0.2) is 0 Å². The maximum atomic E-state index is 4.75. The molecule has 0 bridgehead atoms. The summed E-state index contributed by atoms with van der Waals surface area (Å²) in [6, 6.07) is 2.26. The Kier molecular flexibility index (Phi) is 10.1. The van der Waals surface area contributed by atoms with Crippen LogP contribution in [0.1, 0.15) is 95.8 Å². The zero-order chi connectivity index (χ0) is 15.3. The Bertz CT molecular complexity index is 344. The van der Waals surface area contributed by atoms with Crippen LogP contribution in [0, 0.1) is 0 Å². The van der Waals surface area contributed by atoms with Crippen molar-refractivity contribution in [3.8, 4) is 0 Å². The van der Waals surface area contributed by atoms with Gasteiger partial charge in [-0.1, -0.05) is 59.3 Å². The Morgan fingerprint density at radius 3 is 1.57 bits per heavy atom. The SMILES string of the molecule is CCCCCCc1cc(CCCCCC)nc(CCC)n1. The third kappa shape index (κ3) is 8.18.